The van der Waals surface area contributed by atoms with Crippen LogP contribution in [0.4, 0.5) is 4.79 Å². The third-order valence-corrected chi connectivity index (χ3v) is 3.56. The number of ether oxygens (including phenoxy) is 1. The van der Waals surface area contributed by atoms with E-state index < -0.39 is 6.10 Å². The number of carbonyl (C=O) groups is 1. The zero-order valence-electron chi connectivity index (χ0n) is 11.9. The van der Waals surface area contributed by atoms with Gasteiger partial charge in [0.15, 0.2) is 0 Å². The van der Waals surface area contributed by atoms with Gasteiger partial charge in [0.1, 0.15) is 5.75 Å². The van der Waals surface area contributed by atoms with E-state index in [2.05, 4.69) is 26.6 Å². The molecule has 0 unspecified atom stereocenters. The maximum atomic E-state index is 11.7. The summed E-state index contributed by atoms with van der Waals surface area (Å²) in [5.74, 6) is 0.759. The average Bonchev–Trinajstić information content (AvgIpc) is 2.37. The molecule has 0 aliphatic rings. The highest BCUT2D eigenvalue weighted by atomic mass is 79.9. The van der Waals surface area contributed by atoms with Crippen LogP contribution in [0.2, 0.25) is 0 Å². The molecule has 0 saturated carbocycles. The van der Waals surface area contributed by atoms with E-state index in [1.54, 1.807) is 14.0 Å². The second-order valence-electron chi connectivity index (χ2n) is 4.65. The quantitative estimate of drug-likeness (QED) is 0.742. The lowest BCUT2D eigenvalue weighted by Crippen LogP contribution is -2.38. The molecule has 3 N–H and O–H groups in total. The van der Waals surface area contributed by atoms with Gasteiger partial charge in [0.25, 0.3) is 0 Å². The Labute approximate surface area is 127 Å². The van der Waals surface area contributed by atoms with Crippen molar-refractivity contribution in [3.63, 3.8) is 0 Å². The fourth-order valence-corrected chi connectivity index (χ4v) is 2.41. The van der Waals surface area contributed by atoms with Crippen molar-refractivity contribution in [1.29, 1.82) is 0 Å². The van der Waals surface area contributed by atoms with Gasteiger partial charge in [0, 0.05) is 11.0 Å². The first-order valence-electron chi connectivity index (χ1n) is 6.50. The Hall–Kier alpha value is -1.27. The van der Waals surface area contributed by atoms with Crippen molar-refractivity contribution in [2.45, 2.75) is 32.4 Å². The number of methoxy groups -OCH3 is 1. The molecule has 112 valence electrons. The van der Waals surface area contributed by atoms with Gasteiger partial charge in [-0.15, -0.1) is 0 Å². The molecule has 0 spiro atoms. The normalized spacial score (nSPS) is 13.4. The summed E-state index contributed by atoms with van der Waals surface area (Å²) in [6, 6.07) is 5.23. The molecular weight excluding hydrogens is 324 g/mol. The maximum absolute atomic E-state index is 11.7. The zero-order valence-corrected chi connectivity index (χ0v) is 13.5. The van der Waals surface area contributed by atoms with E-state index in [1.807, 2.05) is 25.1 Å². The summed E-state index contributed by atoms with van der Waals surface area (Å²) in [6.45, 7) is 4.04. The van der Waals surface area contributed by atoms with Gasteiger partial charge in [0.2, 0.25) is 0 Å². The highest BCUT2D eigenvalue weighted by Gasteiger charge is 2.12. The van der Waals surface area contributed by atoms with Crippen molar-refractivity contribution in [1.82, 2.24) is 10.6 Å². The van der Waals surface area contributed by atoms with Gasteiger partial charge in [-0.1, -0.05) is 22.0 Å². The van der Waals surface area contributed by atoms with Crippen LogP contribution in [0.15, 0.2) is 22.7 Å². The summed E-state index contributed by atoms with van der Waals surface area (Å²) in [5.41, 5.74) is 0.969. The Kier molecular flexibility index (Phi) is 6.81. The van der Waals surface area contributed by atoms with E-state index in [-0.39, 0.29) is 12.1 Å². The average molecular weight is 345 g/mol. The second kappa shape index (κ2) is 8.11. The minimum atomic E-state index is -0.413. The highest BCUT2D eigenvalue weighted by Crippen LogP contribution is 2.27. The molecule has 0 radical (unpaired) electrons. The van der Waals surface area contributed by atoms with Crippen molar-refractivity contribution in [3.8, 4) is 5.75 Å². The Balaban J connectivity index is 2.53. The van der Waals surface area contributed by atoms with E-state index >= 15 is 0 Å². The molecule has 20 heavy (non-hydrogen) atoms. The first-order valence-corrected chi connectivity index (χ1v) is 7.29. The lowest BCUT2D eigenvalue weighted by molar-refractivity contribution is 0.183. The number of hydrogen-bond donors (Lipinski definition) is 3. The number of aliphatic hydroxyl groups is 1. The summed E-state index contributed by atoms with van der Waals surface area (Å²) < 4.78 is 6.02. The van der Waals surface area contributed by atoms with Crippen molar-refractivity contribution < 1.29 is 14.6 Å². The van der Waals surface area contributed by atoms with Gasteiger partial charge in [0.05, 0.1) is 19.3 Å². The van der Waals surface area contributed by atoms with Gasteiger partial charge in [-0.2, -0.15) is 0 Å². The molecule has 0 bridgehead atoms. The smallest absolute Gasteiger partial charge is 0.315 e. The zero-order chi connectivity index (χ0) is 15.1. The number of benzene rings is 1. The molecule has 2 amide bonds. The number of hydrogen-bond acceptors (Lipinski definition) is 3. The van der Waals surface area contributed by atoms with Crippen LogP contribution in [0.5, 0.6) is 5.75 Å². The fourth-order valence-electron chi connectivity index (χ4n) is 1.71. The Bertz CT molecular complexity index is 452. The minimum Gasteiger partial charge on any atom is -0.497 e. The van der Waals surface area contributed by atoms with E-state index in [0.29, 0.717) is 13.0 Å². The number of carbonyl (C=O) groups excluding carboxylic acids is 1. The molecule has 6 heteroatoms. The van der Waals surface area contributed by atoms with Crippen LogP contribution in [0, 0.1) is 0 Å². The molecule has 0 aliphatic carbocycles. The number of nitrogens with one attached hydrogen (secondary N) is 2. The molecule has 1 aromatic rings. The molecule has 5 nitrogen and oxygen atoms in total. The lowest BCUT2D eigenvalue weighted by Gasteiger charge is -2.17. The summed E-state index contributed by atoms with van der Waals surface area (Å²) >= 11 is 3.47. The molecule has 0 heterocycles. The standard InChI is InChI=1S/C14H21BrN2O3/c1-9(18)6-7-16-14(19)17-10(2)12-5-4-11(20-3)8-13(12)15/h4-5,8-10,18H,6-7H2,1-3H3,(H2,16,17,19)/t9-,10-/m0/s1. The van der Waals surface area contributed by atoms with Crippen LogP contribution in [0.3, 0.4) is 0 Å². The number of aliphatic hydroxyl groups excluding tert-OH is 1. The second-order valence-corrected chi connectivity index (χ2v) is 5.50. The molecule has 2 atom stereocenters. The molecule has 0 fully saturated rings. The predicted octanol–water partition coefficient (Wildman–Crippen LogP) is 2.59. The summed E-state index contributed by atoms with van der Waals surface area (Å²) in [4.78, 5) is 11.7. The predicted molar refractivity (Wildman–Crippen MR) is 81.9 cm³/mol. The van der Waals surface area contributed by atoms with Crippen LogP contribution in [0.1, 0.15) is 31.9 Å². The molecule has 0 aliphatic heterocycles. The van der Waals surface area contributed by atoms with Gasteiger partial charge < -0.3 is 20.5 Å². The Morgan fingerprint density at radius 3 is 2.70 bits per heavy atom. The van der Waals surface area contributed by atoms with Crippen molar-refractivity contribution in [2.75, 3.05) is 13.7 Å². The Morgan fingerprint density at radius 2 is 2.15 bits per heavy atom. The van der Waals surface area contributed by atoms with Gasteiger partial charge >= 0.3 is 6.03 Å². The highest BCUT2D eigenvalue weighted by molar-refractivity contribution is 9.10. The monoisotopic (exact) mass is 344 g/mol. The molecule has 1 aromatic carbocycles. The fraction of sp³-hybridized carbons (Fsp3) is 0.500. The largest absolute Gasteiger partial charge is 0.497 e. The minimum absolute atomic E-state index is 0.137. The number of rotatable bonds is 6. The topological polar surface area (TPSA) is 70.6 Å². The van der Waals surface area contributed by atoms with Gasteiger partial charge in [-0.3, -0.25) is 0 Å². The SMILES string of the molecule is COc1ccc([C@H](C)NC(=O)NCC[C@H](C)O)c(Br)c1. The Morgan fingerprint density at radius 1 is 1.45 bits per heavy atom. The number of urea groups is 1. The first kappa shape index (κ1) is 16.8. The first-order chi connectivity index (χ1) is 9.43. The van der Waals surface area contributed by atoms with Crippen LogP contribution in [0.25, 0.3) is 0 Å². The van der Waals surface area contributed by atoms with Gasteiger partial charge in [-0.25, -0.2) is 4.79 Å². The van der Waals surface area contributed by atoms with Crippen LogP contribution >= 0.6 is 15.9 Å². The van der Waals surface area contributed by atoms with Crippen molar-refractivity contribution >= 4 is 22.0 Å². The molecule has 0 aromatic heterocycles. The summed E-state index contributed by atoms with van der Waals surface area (Å²) in [5, 5.41) is 14.7. The molecule has 1 rings (SSSR count). The van der Waals surface area contributed by atoms with Crippen molar-refractivity contribution in [3.05, 3.63) is 28.2 Å². The van der Waals surface area contributed by atoms with E-state index in [1.165, 1.54) is 0 Å². The van der Waals surface area contributed by atoms with Crippen LogP contribution < -0.4 is 15.4 Å². The maximum Gasteiger partial charge on any atom is 0.315 e. The van der Waals surface area contributed by atoms with E-state index in [0.717, 1.165) is 15.8 Å². The van der Waals surface area contributed by atoms with Crippen LogP contribution in [-0.2, 0) is 0 Å². The molecule has 0 saturated heterocycles. The van der Waals surface area contributed by atoms with E-state index in [4.69, 9.17) is 9.84 Å². The van der Waals surface area contributed by atoms with Crippen molar-refractivity contribution in [2.24, 2.45) is 0 Å². The third-order valence-electron chi connectivity index (χ3n) is 2.87. The van der Waals surface area contributed by atoms with E-state index in [9.17, 15) is 4.79 Å². The molecular formula is C14H21BrN2O3. The van der Waals surface area contributed by atoms with Gasteiger partial charge in [-0.05, 0) is 38.0 Å². The third kappa shape index (κ3) is 5.38. The summed E-state index contributed by atoms with van der Waals surface area (Å²) in [6.07, 6.45) is 0.122. The van der Waals surface area contributed by atoms with Crippen LogP contribution in [-0.4, -0.2) is 30.9 Å². The lowest BCUT2D eigenvalue weighted by atomic mass is 10.1. The number of halogens is 1. The summed E-state index contributed by atoms with van der Waals surface area (Å²) in [7, 11) is 1.61. The number of amides is 2.